The first-order valence-corrected chi connectivity index (χ1v) is 18.6. The molecule has 0 aromatic heterocycles. The predicted octanol–water partition coefficient (Wildman–Crippen LogP) is 8.58. The van der Waals surface area contributed by atoms with E-state index < -0.39 is 28.5 Å². The van der Waals surface area contributed by atoms with Crippen LogP contribution in [0, 0.1) is 0 Å². The normalized spacial score (nSPS) is 14.2. The van der Waals surface area contributed by atoms with Gasteiger partial charge in [-0.25, -0.2) is 8.42 Å². The molecule has 7 nitrogen and oxygen atoms in total. The molecule has 1 aliphatic rings. The monoisotopic (exact) mass is 745 g/mol. The maximum absolute atomic E-state index is 14.7. The minimum atomic E-state index is -4.34. The number of anilines is 1. The quantitative estimate of drug-likeness (QED) is 0.157. The van der Waals surface area contributed by atoms with E-state index in [2.05, 4.69) is 5.32 Å². The highest BCUT2D eigenvalue weighted by Gasteiger charge is 2.36. The third kappa shape index (κ3) is 9.04. The van der Waals surface area contributed by atoms with E-state index in [1.54, 1.807) is 36.4 Å². The van der Waals surface area contributed by atoms with Crippen LogP contribution in [0.5, 0.6) is 0 Å². The Morgan fingerprint density at radius 1 is 0.771 bits per heavy atom. The highest BCUT2D eigenvalue weighted by molar-refractivity contribution is 7.92. The molecule has 252 valence electrons. The van der Waals surface area contributed by atoms with Gasteiger partial charge < -0.3 is 10.2 Å². The Bertz CT molecular complexity index is 1840. The van der Waals surface area contributed by atoms with Crippen LogP contribution >= 0.6 is 46.4 Å². The standard InChI is InChI=1S/C36H35Cl4N3O4S/c37-27-17-16-26(32(40)21-27)23-42(34(20-25-10-4-1-5-11-25)36(45)41-29-12-6-2-7-13-29)35(44)24-43(33-22-28(38)18-19-31(33)39)48(46,47)30-14-8-3-9-15-30/h1,3-5,8-11,14-19,21-22,29,34H,2,6-7,12-13,20,23-24H2,(H,41,45)/t34-/m1/s1. The van der Waals surface area contributed by atoms with Crippen LogP contribution in [0.2, 0.25) is 20.1 Å². The fraction of sp³-hybridized carbons (Fsp3) is 0.278. The lowest BCUT2D eigenvalue weighted by Crippen LogP contribution is -2.55. The predicted molar refractivity (Wildman–Crippen MR) is 193 cm³/mol. The van der Waals surface area contributed by atoms with Crippen molar-refractivity contribution in [2.75, 3.05) is 10.8 Å². The Morgan fingerprint density at radius 2 is 1.40 bits per heavy atom. The van der Waals surface area contributed by atoms with E-state index in [0.717, 1.165) is 42.0 Å². The number of benzene rings is 4. The second-order valence-corrected chi connectivity index (χ2v) is 15.3. The summed E-state index contributed by atoms with van der Waals surface area (Å²) in [6.45, 7) is -0.766. The van der Waals surface area contributed by atoms with Gasteiger partial charge in [-0.2, -0.15) is 0 Å². The van der Waals surface area contributed by atoms with Gasteiger partial charge >= 0.3 is 0 Å². The number of carbonyl (C=O) groups is 2. The molecule has 0 bridgehead atoms. The SMILES string of the molecule is O=C(NC1CCCCC1)[C@@H](Cc1ccccc1)N(Cc1ccc(Cl)cc1Cl)C(=O)CN(c1cc(Cl)ccc1Cl)S(=O)(=O)c1ccccc1. The number of hydrogen-bond donors (Lipinski definition) is 1. The number of amides is 2. The first-order chi connectivity index (χ1) is 23.0. The number of carbonyl (C=O) groups excluding carboxylic acids is 2. The van der Waals surface area contributed by atoms with Gasteiger partial charge in [-0.15, -0.1) is 0 Å². The lowest BCUT2D eigenvalue weighted by molar-refractivity contribution is -0.140. The van der Waals surface area contributed by atoms with Gasteiger partial charge in [0, 0.05) is 34.1 Å². The van der Waals surface area contributed by atoms with Gasteiger partial charge in [0.15, 0.2) is 0 Å². The summed E-state index contributed by atoms with van der Waals surface area (Å²) in [6.07, 6.45) is 4.99. The summed E-state index contributed by atoms with van der Waals surface area (Å²) in [5.74, 6) is -0.973. The van der Waals surface area contributed by atoms with Gasteiger partial charge in [0.25, 0.3) is 10.0 Å². The van der Waals surface area contributed by atoms with Crippen molar-refractivity contribution in [3.8, 4) is 0 Å². The van der Waals surface area contributed by atoms with Gasteiger partial charge in [0.05, 0.1) is 15.6 Å². The molecule has 1 N–H and O–H groups in total. The van der Waals surface area contributed by atoms with Crippen molar-refractivity contribution >= 4 is 73.9 Å². The molecule has 0 saturated heterocycles. The molecular weight excluding hydrogens is 712 g/mol. The topological polar surface area (TPSA) is 86.8 Å². The first kappa shape index (κ1) is 36.0. The summed E-state index contributed by atoms with van der Waals surface area (Å²) in [5, 5.41) is 4.21. The molecule has 4 aromatic rings. The average molecular weight is 748 g/mol. The molecule has 1 aliphatic carbocycles. The first-order valence-electron chi connectivity index (χ1n) is 15.6. The smallest absolute Gasteiger partial charge is 0.264 e. The summed E-state index contributed by atoms with van der Waals surface area (Å²) >= 11 is 25.7. The lowest BCUT2D eigenvalue weighted by Gasteiger charge is -2.35. The molecule has 48 heavy (non-hydrogen) atoms. The van der Waals surface area contributed by atoms with Crippen molar-refractivity contribution in [3.05, 3.63) is 128 Å². The highest BCUT2D eigenvalue weighted by Crippen LogP contribution is 2.34. The van der Waals surface area contributed by atoms with Gasteiger partial charge in [-0.1, -0.05) is 120 Å². The second-order valence-electron chi connectivity index (χ2n) is 11.7. The maximum Gasteiger partial charge on any atom is 0.264 e. The molecule has 12 heteroatoms. The van der Waals surface area contributed by atoms with Crippen LogP contribution in [0.1, 0.15) is 43.2 Å². The average Bonchev–Trinajstić information content (AvgIpc) is 3.08. The van der Waals surface area contributed by atoms with Gasteiger partial charge in [0.1, 0.15) is 12.6 Å². The van der Waals surface area contributed by atoms with Crippen LogP contribution < -0.4 is 9.62 Å². The molecule has 0 aliphatic heterocycles. The molecule has 0 heterocycles. The number of nitrogens with one attached hydrogen (secondary N) is 1. The molecule has 4 aromatic carbocycles. The second kappa shape index (κ2) is 16.4. The van der Waals surface area contributed by atoms with E-state index in [4.69, 9.17) is 46.4 Å². The third-order valence-electron chi connectivity index (χ3n) is 8.37. The summed E-state index contributed by atoms with van der Waals surface area (Å²) in [7, 11) is -4.34. The van der Waals surface area contributed by atoms with E-state index in [1.807, 2.05) is 30.3 Å². The van der Waals surface area contributed by atoms with E-state index in [9.17, 15) is 18.0 Å². The molecule has 5 rings (SSSR count). The van der Waals surface area contributed by atoms with E-state index in [0.29, 0.717) is 15.6 Å². The molecular formula is C36H35Cl4N3O4S. The molecule has 1 atom stereocenters. The third-order valence-corrected chi connectivity index (χ3v) is 11.3. The zero-order chi connectivity index (χ0) is 34.3. The zero-order valence-electron chi connectivity index (χ0n) is 26.0. The highest BCUT2D eigenvalue weighted by atomic mass is 35.5. The zero-order valence-corrected chi connectivity index (χ0v) is 29.8. The largest absolute Gasteiger partial charge is 0.352 e. The van der Waals surface area contributed by atoms with Crippen molar-refractivity contribution < 1.29 is 18.0 Å². The van der Waals surface area contributed by atoms with E-state index >= 15 is 0 Å². The molecule has 0 spiro atoms. The molecule has 1 saturated carbocycles. The minimum absolute atomic E-state index is 0.0251. The van der Waals surface area contributed by atoms with Gasteiger partial charge in [-0.3, -0.25) is 13.9 Å². The van der Waals surface area contributed by atoms with Crippen LogP contribution in [0.15, 0.2) is 102 Å². The number of rotatable bonds is 12. The Hall–Kier alpha value is -3.27. The summed E-state index contributed by atoms with van der Waals surface area (Å²) in [4.78, 5) is 30.3. The Balaban J connectivity index is 1.60. The van der Waals surface area contributed by atoms with Crippen LogP contribution in [-0.4, -0.2) is 43.8 Å². The van der Waals surface area contributed by atoms with Crippen molar-refractivity contribution in [3.63, 3.8) is 0 Å². The number of halogens is 4. The van der Waals surface area contributed by atoms with Crippen LogP contribution in [0.25, 0.3) is 0 Å². The summed E-state index contributed by atoms with van der Waals surface area (Å²) in [6, 6.07) is 25.4. The molecule has 0 unspecified atom stereocenters. The van der Waals surface area contributed by atoms with Crippen LogP contribution in [0.3, 0.4) is 0 Å². The van der Waals surface area contributed by atoms with E-state index in [-0.39, 0.29) is 45.5 Å². The Morgan fingerprint density at radius 3 is 2.06 bits per heavy atom. The molecule has 2 amide bonds. The number of nitrogens with zero attached hydrogens (tertiary/aromatic N) is 2. The Kier molecular flexibility index (Phi) is 12.3. The van der Waals surface area contributed by atoms with Crippen molar-refractivity contribution in [1.29, 1.82) is 0 Å². The van der Waals surface area contributed by atoms with E-state index in [1.165, 1.54) is 35.2 Å². The van der Waals surface area contributed by atoms with Crippen molar-refractivity contribution in [1.82, 2.24) is 10.2 Å². The minimum Gasteiger partial charge on any atom is -0.352 e. The van der Waals surface area contributed by atoms with Crippen LogP contribution in [0.4, 0.5) is 5.69 Å². The fourth-order valence-corrected chi connectivity index (χ4v) is 8.19. The van der Waals surface area contributed by atoms with Gasteiger partial charge in [-0.05, 0) is 66.4 Å². The van der Waals surface area contributed by atoms with Crippen molar-refractivity contribution in [2.45, 2.75) is 62.0 Å². The van der Waals surface area contributed by atoms with Crippen LogP contribution in [-0.2, 0) is 32.6 Å². The lowest BCUT2D eigenvalue weighted by atomic mass is 9.94. The molecule has 1 fully saturated rings. The summed E-state index contributed by atoms with van der Waals surface area (Å²) in [5.41, 5.74) is 1.39. The number of sulfonamides is 1. The van der Waals surface area contributed by atoms with Gasteiger partial charge in [0.2, 0.25) is 11.8 Å². The van der Waals surface area contributed by atoms with Crippen molar-refractivity contribution in [2.24, 2.45) is 0 Å². The maximum atomic E-state index is 14.7. The number of hydrogen-bond acceptors (Lipinski definition) is 4. The molecule has 0 radical (unpaired) electrons. The summed E-state index contributed by atoms with van der Waals surface area (Å²) < 4.78 is 29.3. The fourth-order valence-electron chi connectivity index (χ4n) is 5.84. The Labute approximate surface area is 301 Å².